The SMILES string of the molecule is Cc1cc(NC(=O)Nc2ccc(N=Nc3cc(S(=O)(O)=[OH+])c4cccc(S(=O)(O)=[OH+])c4c3)c(C)c2)ccc1N=Nc1cc(S(=O)(=O)[O-])c2cccc(S(=O)(O)=[OH+])c2c1.[Ga]. The minimum absolute atomic E-state index is 0. The summed E-state index contributed by atoms with van der Waals surface area (Å²) in [6.07, 6.45) is 0. The van der Waals surface area contributed by atoms with Crippen LogP contribution in [0.15, 0.2) is 137 Å². The third-order valence-electron chi connectivity index (χ3n) is 8.39. The van der Waals surface area contributed by atoms with Crippen LogP contribution in [0.5, 0.6) is 0 Å². The van der Waals surface area contributed by atoms with Crippen molar-refractivity contribution < 1.29 is 56.7 Å². The Morgan fingerprint density at radius 2 is 0.932 bits per heavy atom. The Bertz CT molecular complexity index is 3020. The van der Waals surface area contributed by atoms with Gasteiger partial charge in [0, 0.05) is 52.7 Å². The van der Waals surface area contributed by atoms with Crippen LogP contribution in [0.25, 0.3) is 21.5 Å². The van der Waals surface area contributed by atoms with Crippen molar-refractivity contribution in [1.82, 2.24) is 0 Å². The number of nitrogens with zero attached hydrogens (tertiary/aromatic N) is 4. The zero-order chi connectivity index (χ0) is 42.4. The molecule has 0 saturated carbocycles. The predicted octanol–water partition coefficient (Wildman–Crippen LogP) is 7.82. The van der Waals surface area contributed by atoms with Crippen molar-refractivity contribution in [3.8, 4) is 0 Å². The molecule has 2 amide bonds. The molecule has 3 unspecified atom stereocenters. The van der Waals surface area contributed by atoms with Gasteiger partial charge in [0.05, 0.1) is 27.6 Å². The van der Waals surface area contributed by atoms with E-state index < -0.39 is 66.1 Å². The Labute approximate surface area is 349 Å². The van der Waals surface area contributed by atoms with Crippen LogP contribution < -0.4 is 10.6 Å². The number of aryl methyl sites for hydroxylation is 2. The van der Waals surface area contributed by atoms with Gasteiger partial charge in [0.2, 0.25) is 0 Å². The molecule has 0 saturated heterocycles. The van der Waals surface area contributed by atoms with Gasteiger partial charge >= 0.3 is 36.4 Å². The van der Waals surface area contributed by atoms with Gasteiger partial charge in [-0.2, -0.15) is 33.1 Å². The van der Waals surface area contributed by atoms with Gasteiger partial charge in [0.15, 0.2) is 14.7 Å². The minimum atomic E-state index is -5.08. The maximum atomic E-state index is 12.9. The van der Waals surface area contributed by atoms with E-state index in [2.05, 4.69) is 31.1 Å². The van der Waals surface area contributed by atoms with Crippen molar-refractivity contribution in [3.05, 3.63) is 108 Å². The molecule has 6 aromatic rings. The molecular weight excluding hydrogens is 910 g/mol. The van der Waals surface area contributed by atoms with Gasteiger partial charge in [-0.25, -0.2) is 26.9 Å². The van der Waals surface area contributed by atoms with Crippen molar-refractivity contribution in [1.29, 1.82) is 0 Å². The second-order valence-electron chi connectivity index (χ2n) is 12.5. The topological polar surface area (TPSA) is 324 Å². The van der Waals surface area contributed by atoms with Gasteiger partial charge < -0.3 is 15.2 Å². The Hall–Kier alpha value is -5.41. The molecule has 59 heavy (non-hydrogen) atoms. The number of anilines is 2. The number of amides is 2. The average molecular weight is 941 g/mol. The van der Waals surface area contributed by atoms with Crippen LogP contribution in [-0.2, 0) is 40.5 Å². The van der Waals surface area contributed by atoms with Gasteiger partial charge in [-0.05, 0) is 97.8 Å². The number of urea groups is 1. The van der Waals surface area contributed by atoms with Crippen LogP contribution in [0.4, 0.5) is 38.9 Å². The zero-order valence-corrected chi connectivity index (χ0v) is 36.0. The van der Waals surface area contributed by atoms with E-state index in [9.17, 15) is 56.7 Å². The number of azo groups is 2. The van der Waals surface area contributed by atoms with Crippen LogP contribution in [0.3, 0.4) is 0 Å². The number of fused-ring (bicyclic) bond motifs is 2. The number of nitrogens with one attached hydrogen (secondary N) is 2. The molecule has 0 fully saturated rings. The third kappa shape index (κ3) is 10.2. The summed E-state index contributed by atoms with van der Waals surface area (Å²) in [6.45, 7) is 3.31. The molecule has 6 rings (SSSR count). The van der Waals surface area contributed by atoms with Gasteiger partial charge in [-0.3, -0.25) is 0 Å². The smallest absolute Gasteiger partial charge is 0.435 e. The van der Waals surface area contributed by atoms with Crippen LogP contribution in [0.2, 0.25) is 0 Å². The van der Waals surface area contributed by atoms with Crippen LogP contribution >= 0.6 is 0 Å². The molecule has 0 heterocycles. The summed E-state index contributed by atoms with van der Waals surface area (Å²) < 4.78 is 131. The third-order valence-corrected chi connectivity index (χ3v) is 12.0. The molecule has 3 atom stereocenters. The first-order valence-electron chi connectivity index (χ1n) is 16.2. The first-order chi connectivity index (χ1) is 27.0. The van der Waals surface area contributed by atoms with E-state index in [0.29, 0.717) is 28.2 Å². The van der Waals surface area contributed by atoms with E-state index in [1.807, 2.05) is 0 Å². The molecule has 0 aromatic heterocycles. The van der Waals surface area contributed by atoms with Crippen LogP contribution in [-0.4, -0.2) is 77.7 Å². The van der Waals surface area contributed by atoms with Crippen molar-refractivity contribution in [2.45, 2.75) is 33.4 Å². The summed E-state index contributed by atoms with van der Waals surface area (Å²) in [6, 6.07) is 20.3. The fourth-order valence-electron chi connectivity index (χ4n) is 5.83. The van der Waals surface area contributed by atoms with Gasteiger partial charge in [-0.15, -0.1) is 12.6 Å². The standard InChI is InChI=1S/C35H28N6O13S4.Ga/c1-19-13-21(9-11-29(19)40-38-23-15-27-25(33(17-23)57(49,50)51)5-3-7-31(27)55(43,44)45)36-35(42)37-22-10-12-30(20(2)14-22)41-39-24-16-28-26(34(18-24)58(52,53)54)6-4-8-32(28)56(46,47)48;/h3-18H,1-2H3,(H2,36,37,42)(H,43,44,45)(H,46,47,48)(H,49,50,51)(H,52,53,54);/p+2. The summed E-state index contributed by atoms with van der Waals surface area (Å²) in [4.78, 5) is 10.6. The Morgan fingerprint density at radius 3 is 1.31 bits per heavy atom. The first-order valence-corrected chi connectivity index (χ1v) is 22.0. The molecule has 0 bridgehead atoms. The molecule has 3 radical (unpaired) electrons. The van der Waals surface area contributed by atoms with Crippen LogP contribution in [0.1, 0.15) is 11.1 Å². The van der Waals surface area contributed by atoms with Crippen molar-refractivity contribution >= 4 is 122 Å². The number of rotatable bonds is 10. The van der Waals surface area contributed by atoms with Crippen molar-refractivity contribution in [2.75, 3.05) is 10.6 Å². The molecular formula is C35H30GaN6O13S4+2. The quantitative estimate of drug-likeness (QED) is 0.0383. The molecule has 6 aromatic carbocycles. The average Bonchev–Trinajstić information content (AvgIpc) is 3.11. The molecule has 303 valence electrons. The maximum absolute atomic E-state index is 12.9. The molecule has 19 nitrogen and oxygen atoms in total. The maximum Gasteiger partial charge on any atom is 0.435 e. The molecule has 8 N–H and O–H groups in total. The normalized spacial score (nSPS) is 15.0. The van der Waals surface area contributed by atoms with Gasteiger partial charge in [-0.1, -0.05) is 24.3 Å². The number of hydrogen-bond acceptors (Lipinski definition) is 11. The Morgan fingerprint density at radius 1 is 0.542 bits per heavy atom. The minimum Gasteiger partial charge on any atom is -0.744 e. The second kappa shape index (κ2) is 16.7. The van der Waals surface area contributed by atoms with Crippen LogP contribution in [0, 0.1) is 13.8 Å². The van der Waals surface area contributed by atoms with E-state index in [1.54, 1.807) is 26.0 Å². The second-order valence-corrected chi connectivity index (χ2v) is 18.2. The number of carbonyl (C=O) groups is 1. The zero-order valence-electron chi connectivity index (χ0n) is 30.3. The van der Waals surface area contributed by atoms with Crippen molar-refractivity contribution in [2.24, 2.45) is 20.5 Å². The fourth-order valence-corrected chi connectivity index (χ4v) is 8.71. The number of carbonyl (C=O) groups excluding carboxylic acids is 1. The summed E-state index contributed by atoms with van der Waals surface area (Å²) in [5, 5.41) is 21.1. The van der Waals surface area contributed by atoms with E-state index >= 15 is 0 Å². The summed E-state index contributed by atoms with van der Waals surface area (Å²) in [7, 11) is -18.7. The summed E-state index contributed by atoms with van der Waals surface area (Å²) >= 11 is 0. The molecule has 24 heteroatoms. The molecule has 0 aliphatic carbocycles. The largest absolute Gasteiger partial charge is 0.744 e. The number of benzene rings is 6. The first kappa shape index (κ1) is 44.7. The van der Waals surface area contributed by atoms with E-state index in [4.69, 9.17) is 0 Å². The Kier molecular flexibility index (Phi) is 12.6. The predicted molar refractivity (Wildman–Crippen MR) is 218 cm³/mol. The van der Waals surface area contributed by atoms with Gasteiger partial charge in [0.25, 0.3) is 0 Å². The molecule has 0 aliphatic rings. The van der Waals surface area contributed by atoms with Crippen molar-refractivity contribution in [3.63, 3.8) is 0 Å². The summed E-state index contributed by atoms with van der Waals surface area (Å²) in [5.74, 6) is 0. The van der Waals surface area contributed by atoms with E-state index in [-0.39, 0.29) is 58.4 Å². The monoisotopic (exact) mass is 939 g/mol. The summed E-state index contributed by atoms with van der Waals surface area (Å²) in [5.41, 5.74) is 2.06. The number of hydrogen-bond donors (Lipinski definition) is 5. The fraction of sp³-hybridized carbons (Fsp3) is 0.0571. The van der Waals surface area contributed by atoms with E-state index in [0.717, 1.165) is 24.3 Å². The Balaban J connectivity index is 0.00000661. The molecule has 0 aliphatic heterocycles. The molecule has 0 spiro atoms. The van der Waals surface area contributed by atoms with E-state index in [1.165, 1.54) is 60.7 Å². The van der Waals surface area contributed by atoms with Gasteiger partial charge in [0.1, 0.15) is 10.1 Å².